The van der Waals surface area contributed by atoms with Crippen molar-refractivity contribution >= 4 is 35.0 Å². The van der Waals surface area contributed by atoms with Gasteiger partial charge in [-0.15, -0.1) is 0 Å². The van der Waals surface area contributed by atoms with Crippen LogP contribution in [0, 0.1) is 0 Å². The second kappa shape index (κ2) is 7.25. The summed E-state index contributed by atoms with van der Waals surface area (Å²) in [5.74, 6) is 0.954. The summed E-state index contributed by atoms with van der Waals surface area (Å²) in [6, 6.07) is 10.7. The Balaban J connectivity index is 1.87. The number of thiocarbonyl (C=S) groups is 1. The van der Waals surface area contributed by atoms with Crippen molar-refractivity contribution in [2.24, 2.45) is 0 Å². The van der Waals surface area contributed by atoms with E-state index >= 15 is 0 Å². The van der Waals surface area contributed by atoms with Gasteiger partial charge in [-0.3, -0.25) is 10.1 Å². The predicted octanol–water partition coefficient (Wildman–Crippen LogP) is 2.81. The Morgan fingerprint density at radius 1 is 1.33 bits per heavy atom. The molecule has 0 fully saturated rings. The largest absolute Gasteiger partial charge is 0.497 e. The Bertz CT molecular complexity index is 651. The Morgan fingerprint density at radius 2 is 2.19 bits per heavy atom. The van der Waals surface area contributed by atoms with E-state index in [1.54, 1.807) is 31.4 Å². The van der Waals surface area contributed by atoms with Gasteiger partial charge < -0.3 is 14.5 Å². The molecule has 0 unspecified atom stereocenters. The molecule has 0 spiro atoms. The molecule has 1 aromatic carbocycles. The lowest BCUT2D eigenvalue weighted by molar-refractivity contribution is -0.115. The fraction of sp³-hybridized carbons (Fsp3) is 0.0667. The van der Waals surface area contributed by atoms with Gasteiger partial charge in [0.25, 0.3) is 0 Å². The predicted molar refractivity (Wildman–Crippen MR) is 85.1 cm³/mol. The molecule has 0 aliphatic carbocycles. The SMILES string of the molecule is COc1cccc(NC(=S)NC(=O)/C=C/c2ccco2)c1. The first-order chi connectivity index (χ1) is 10.2. The number of hydrogen-bond donors (Lipinski definition) is 2. The number of nitrogens with one attached hydrogen (secondary N) is 2. The van der Waals surface area contributed by atoms with E-state index in [0.717, 1.165) is 5.69 Å². The van der Waals surface area contributed by atoms with Gasteiger partial charge in [0.2, 0.25) is 5.91 Å². The van der Waals surface area contributed by atoms with E-state index in [1.807, 2.05) is 18.2 Å². The summed E-state index contributed by atoms with van der Waals surface area (Å²) in [4.78, 5) is 11.7. The summed E-state index contributed by atoms with van der Waals surface area (Å²) in [7, 11) is 1.58. The molecule has 0 aliphatic rings. The van der Waals surface area contributed by atoms with Crippen LogP contribution in [0.5, 0.6) is 5.75 Å². The zero-order chi connectivity index (χ0) is 15.1. The number of carbonyl (C=O) groups is 1. The molecule has 5 nitrogen and oxygen atoms in total. The molecule has 0 atom stereocenters. The van der Waals surface area contributed by atoms with Gasteiger partial charge in [0.15, 0.2) is 5.11 Å². The van der Waals surface area contributed by atoms with Crippen molar-refractivity contribution in [1.29, 1.82) is 0 Å². The molecule has 6 heteroatoms. The number of ether oxygens (including phenoxy) is 1. The van der Waals surface area contributed by atoms with Crippen molar-refractivity contribution < 1.29 is 13.9 Å². The maximum absolute atomic E-state index is 11.7. The number of furan rings is 1. The van der Waals surface area contributed by atoms with Crippen LogP contribution in [-0.2, 0) is 4.79 Å². The smallest absolute Gasteiger partial charge is 0.250 e. The van der Waals surface area contributed by atoms with Crippen LogP contribution in [0.1, 0.15) is 5.76 Å². The number of carbonyl (C=O) groups excluding carboxylic acids is 1. The second-order valence-electron chi connectivity index (χ2n) is 4.02. The van der Waals surface area contributed by atoms with Gasteiger partial charge in [-0.25, -0.2) is 0 Å². The maximum atomic E-state index is 11.7. The lowest BCUT2D eigenvalue weighted by Crippen LogP contribution is -2.32. The molecule has 1 aromatic heterocycles. The molecular formula is C15H14N2O3S. The Hall–Kier alpha value is -2.60. The van der Waals surface area contributed by atoms with E-state index in [4.69, 9.17) is 21.4 Å². The van der Waals surface area contributed by atoms with E-state index in [9.17, 15) is 4.79 Å². The van der Waals surface area contributed by atoms with Gasteiger partial charge in [-0.2, -0.15) is 0 Å². The third-order valence-electron chi connectivity index (χ3n) is 2.51. The van der Waals surface area contributed by atoms with Gasteiger partial charge in [0, 0.05) is 17.8 Å². The van der Waals surface area contributed by atoms with Crippen molar-refractivity contribution in [2.45, 2.75) is 0 Å². The van der Waals surface area contributed by atoms with Crippen LogP contribution in [0.3, 0.4) is 0 Å². The van der Waals surface area contributed by atoms with E-state index < -0.39 is 0 Å². The molecule has 2 aromatic rings. The van der Waals surface area contributed by atoms with Crippen molar-refractivity contribution in [1.82, 2.24) is 5.32 Å². The van der Waals surface area contributed by atoms with Crippen LogP contribution in [0.15, 0.2) is 53.2 Å². The van der Waals surface area contributed by atoms with Gasteiger partial charge in [0.1, 0.15) is 11.5 Å². The maximum Gasteiger partial charge on any atom is 0.250 e. The summed E-state index contributed by atoms with van der Waals surface area (Å²) in [6.07, 6.45) is 4.44. The highest BCUT2D eigenvalue weighted by Gasteiger charge is 2.02. The zero-order valence-corrected chi connectivity index (χ0v) is 12.1. The van der Waals surface area contributed by atoms with Crippen molar-refractivity contribution in [3.63, 3.8) is 0 Å². The molecule has 108 valence electrons. The Morgan fingerprint density at radius 3 is 2.90 bits per heavy atom. The lowest BCUT2D eigenvalue weighted by atomic mass is 10.3. The summed E-state index contributed by atoms with van der Waals surface area (Å²) in [5.41, 5.74) is 0.731. The number of anilines is 1. The van der Waals surface area contributed by atoms with E-state index in [0.29, 0.717) is 11.5 Å². The second-order valence-corrected chi connectivity index (χ2v) is 4.43. The summed E-state index contributed by atoms with van der Waals surface area (Å²) in [6.45, 7) is 0. The first kappa shape index (κ1) is 14.8. The molecule has 2 rings (SSSR count). The number of amides is 1. The number of methoxy groups -OCH3 is 1. The van der Waals surface area contributed by atoms with Crippen LogP contribution in [0.25, 0.3) is 6.08 Å². The minimum atomic E-state index is -0.341. The van der Waals surface area contributed by atoms with E-state index in [-0.39, 0.29) is 11.0 Å². The van der Waals surface area contributed by atoms with E-state index in [2.05, 4.69) is 10.6 Å². The highest BCUT2D eigenvalue weighted by Crippen LogP contribution is 2.16. The molecule has 1 amide bonds. The summed E-state index contributed by atoms with van der Waals surface area (Å²) < 4.78 is 10.2. The fourth-order valence-electron chi connectivity index (χ4n) is 1.56. The monoisotopic (exact) mass is 302 g/mol. The summed E-state index contributed by atoms with van der Waals surface area (Å²) in [5, 5.41) is 5.65. The normalized spacial score (nSPS) is 10.3. The molecule has 0 bridgehead atoms. The van der Waals surface area contributed by atoms with Crippen molar-refractivity contribution in [2.75, 3.05) is 12.4 Å². The summed E-state index contributed by atoms with van der Waals surface area (Å²) >= 11 is 5.06. The Labute approximate surface area is 127 Å². The number of benzene rings is 1. The van der Waals surface area contributed by atoms with Crippen molar-refractivity contribution in [3.8, 4) is 5.75 Å². The molecule has 21 heavy (non-hydrogen) atoms. The fourth-order valence-corrected chi connectivity index (χ4v) is 1.78. The number of rotatable bonds is 4. The van der Waals surface area contributed by atoms with Gasteiger partial charge in [-0.1, -0.05) is 6.07 Å². The third-order valence-corrected chi connectivity index (χ3v) is 2.71. The standard InChI is InChI=1S/C15H14N2O3S/c1-19-13-5-2-4-11(10-13)16-15(21)17-14(18)8-7-12-6-3-9-20-12/h2-10H,1H3,(H2,16,17,18,21)/b8-7+. The topological polar surface area (TPSA) is 63.5 Å². The van der Waals surface area contributed by atoms with Crippen LogP contribution in [0.4, 0.5) is 5.69 Å². The first-order valence-electron chi connectivity index (χ1n) is 6.15. The highest BCUT2D eigenvalue weighted by atomic mass is 32.1. The van der Waals surface area contributed by atoms with Crippen LogP contribution >= 0.6 is 12.2 Å². The Kier molecular flexibility index (Phi) is 5.11. The first-order valence-corrected chi connectivity index (χ1v) is 6.56. The van der Waals surface area contributed by atoms with Crippen LogP contribution in [0.2, 0.25) is 0 Å². The molecule has 0 aliphatic heterocycles. The molecule has 1 heterocycles. The van der Waals surface area contributed by atoms with Gasteiger partial charge >= 0.3 is 0 Å². The minimum Gasteiger partial charge on any atom is -0.497 e. The molecule has 0 saturated heterocycles. The third kappa shape index (κ3) is 4.77. The number of hydrogen-bond acceptors (Lipinski definition) is 4. The van der Waals surface area contributed by atoms with Gasteiger partial charge in [0.05, 0.1) is 13.4 Å². The van der Waals surface area contributed by atoms with E-state index in [1.165, 1.54) is 12.3 Å². The molecule has 0 radical (unpaired) electrons. The van der Waals surface area contributed by atoms with Crippen molar-refractivity contribution in [3.05, 3.63) is 54.5 Å². The molecule has 0 saturated carbocycles. The average molecular weight is 302 g/mol. The highest BCUT2D eigenvalue weighted by molar-refractivity contribution is 7.80. The molecule has 2 N–H and O–H groups in total. The molecular weight excluding hydrogens is 288 g/mol. The van der Waals surface area contributed by atoms with Gasteiger partial charge in [-0.05, 0) is 42.6 Å². The zero-order valence-electron chi connectivity index (χ0n) is 11.3. The lowest BCUT2D eigenvalue weighted by Gasteiger charge is -2.09. The van der Waals surface area contributed by atoms with Crippen LogP contribution in [-0.4, -0.2) is 18.1 Å². The van der Waals surface area contributed by atoms with Crippen LogP contribution < -0.4 is 15.4 Å². The quantitative estimate of drug-likeness (QED) is 0.671. The average Bonchev–Trinajstić information content (AvgIpc) is 2.98. The minimum absolute atomic E-state index is 0.206.